The van der Waals surface area contributed by atoms with E-state index in [1.165, 1.54) is 5.56 Å². The number of carbonyl (C=O) groups is 2. The number of para-hydroxylation sites is 2. The fourth-order valence-corrected chi connectivity index (χ4v) is 4.24. The Morgan fingerprint density at radius 3 is 2.89 bits per heavy atom. The smallest absolute Gasteiger partial charge is 0.227 e. The zero-order valence-corrected chi connectivity index (χ0v) is 16.0. The Morgan fingerprint density at radius 1 is 1.25 bits per heavy atom. The highest BCUT2D eigenvalue weighted by atomic mass is 16.5. The molecule has 2 amide bonds. The number of nitrogens with zero attached hydrogens (tertiary/aromatic N) is 1. The molecule has 0 spiro atoms. The lowest BCUT2D eigenvalue weighted by Crippen LogP contribution is -2.37. The Kier molecular flexibility index (Phi) is 4.94. The first kappa shape index (κ1) is 18.3. The molecule has 146 valence electrons. The number of amides is 2. The third-order valence-corrected chi connectivity index (χ3v) is 5.67. The first-order chi connectivity index (χ1) is 13.6. The molecule has 3 N–H and O–H groups in total. The Hall–Kier alpha value is -3.02. The third-order valence-electron chi connectivity index (χ3n) is 5.67. The third kappa shape index (κ3) is 3.42. The van der Waals surface area contributed by atoms with Crippen LogP contribution in [0, 0.1) is 5.92 Å². The van der Waals surface area contributed by atoms with Gasteiger partial charge in [0.05, 0.1) is 24.8 Å². The van der Waals surface area contributed by atoms with Crippen molar-refractivity contribution in [3.8, 4) is 5.75 Å². The minimum Gasteiger partial charge on any atom is -0.495 e. The van der Waals surface area contributed by atoms with E-state index in [2.05, 4.69) is 5.32 Å². The maximum atomic E-state index is 12.9. The molecular formula is C22H25N3O3. The molecule has 1 heterocycles. The molecule has 1 aliphatic heterocycles. The van der Waals surface area contributed by atoms with Crippen LogP contribution in [0.1, 0.15) is 36.4 Å². The number of carbonyl (C=O) groups excluding carboxylic acids is 2. The Labute approximate surface area is 164 Å². The molecule has 6 nitrogen and oxygen atoms in total. The number of benzene rings is 2. The van der Waals surface area contributed by atoms with Crippen molar-refractivity contribution in [2.75, 3.05) is 24.3 Å². The highest BCUT2D eigenvalue weighted by molar-refractivity contribution is 6.01. The number of rotatable bonds is 4. The molecule has 2 atom stereocenters. The van der Waals surface area contributed by atoms with Crippen LogP contribution in [0.3, 0.4) is 0 Å². The van der Waals surface area contributed by atoms with Gasteiger partial charge in [0.2, 0.25) is 11.8 Å². The zero-order chi connectivity index (χ0) is 19.7. The van der Waals surface area contributed by atoms with Crippen LogP contribution in [0.5, 0.6) is 5.75 Å². The number of ether oxygens (including phenoxy) is 1. The van der Waals surface area contributed by atoms with Gasteiger partial charge >= 0.3 is 0 Å². The van der Waals surface area contributed by atoms with Gasteiger partial charge in [0, 0.05) is 18.7 Å². The molecule has 0 bridgehead atoms. The average Bonchev–Trinajstić information content (AvgIpc) is 3.09. The van der Waals surface area contributed by atoms with Crippen molar-refractivity contribution in [2.24, 2.45) is 5.92 Å². The second kappa shape index (κ2) is 7.54. The SMILES string of the molecule is COc1ccccc1N1CC(C(=O)NC2CCCc3cc(N)ccc32)CC1=O. The van der Waals surface area contributed by atoms with Crippen molar-refractivity contribution in [2.45, 2.75) is 31.7 Å². The molecule has 0 aromatic heterocycles. The number of anilines is 2. The van der Waals surface area contributed by atoms with Crippen molar-refractivity contribution in [1.82, 2.24) is 5.32 Å². The lowest BCUT2D eigenvalue weighted by Gasteiger charge is -2.27. The van der Waals surface area contributed by atoms with Gasteiger partial charge in [-0.15, -0.1) is 0 Å². The topological polar surface area (TPSA) is 84.7 Å². The van der Waals surface area contributed by atoms with Crippen LogP contribution in [-0.2, 0) is 16.0 Å². The van der Waals surface area contributed by atoms with Crippen molar-refractivity contribution >= 4 is 23.2 Å². The second-order valence-electron chi connectivity index (χ2n) is 7.49. The largest absolute Gasteiger partial charge is 0.495 e. The zero-order valence-electron chi connectivity index (χ0n) is 16.0. The quantitative estimate of drug-likeness (QED) is 0.800. The van der Waals surface area contributed by atoms with Gasteiger partial charge in [-0.25, -0.2) is 0 Å². The van der Waals surface area contributed by atoms with E-state index in [0.29, 0.717) is 18.0 Å². The molecule has 6 heteroatoms. The van der Waals surface area contributed by atoms with Crippen molar-refractivity contribution in [3.63, 3.8) is 0 Å². The van der Waals surface area contributed by atoms with Gasteiger partial charge in [-0.05, 0) is 54.7 Å². The molecule has 2 aliphatic rings. The summed E-state index contributed by atoms with van der Waals surface area (Å²) in [4.78, 5) is 27.1. The molecule has 1 fully saturated rings. The molecule has 2 unspecified atom stereocenters. The van der Waals surface area contributed by atoms with E-state index in [1.807, 2.05) is 42.5 Å². The first-order valence-electron chi connectivity index (χ1n) is 9.69. The molecular weight excluding hydrogens is 354 g/mol. The Bertz CT molecular complexity index is 912. The highest BCUT2D eigenvalue weighted by Crippen LogP contribution is 2.34. The van der Waals surface area contributed by atoms with Crippen molar-refractivity contribution < 1.29 is 14.3 Å². The van der Waals surface area contributed by atoms with Gasteiger partial charge in [-0.2, -0.15) is 0 Å². The Balaban J connectivity index is 1.48. The summed E-state index contributed by atoms with van der Waals surface area (Å²) in [6.07, 6.45) is 3.11. The normalized spacial score (nSPS) is 21.3. The van der Waals surface area contributed by atoms with E-state index < -0.39 is 0 Å². The molecule has 1 aliphatic carbocycles. The number of nitrogen functional groups attached to an aromatic ring is 1. The van der Waals surface area contributed by atoms with Crippen LogP contribution >= 0.6 is 0 Å². The maximum Gasteiger partial charge on any atom is 0.227 e. The molecule has 28 heavy (non-hydrogen) atoms. The van der Waals surface area contributed by atoms with E-state index in [-0.39, 0.29) is 30.2 Å². The minimum atomic E-state index is -0.364. The predicted molar refractivity (Wildman–Crippen MR) is 108 cm³/mol. The fourth-order valence-electron chi connectivity index (χ4n) is 4.24. The van der Waals surface area contributed by atoms with E-state index in [0.717, 1.165) is 30.5 Å². The molecule has 2 aromatic rings. The molecule has 0 saturated carbocycles. The summed E-state index contributed by atoms with van der Waals surface area (Å²) in [6, 6.07) is 13.3. The van der Waals surface area contributed by atoms with Crippen LogP contribution in [0.4, 0.5) is 11.4 Å². The number of hydrogen-bond acceptors (Lipinski definition) is 4. The summed E-state index contributed by atoms with van der Waals surface area (Å²) >= 11 is 0. The van der Waals surface area contributed by atoms with Crippen LogP contribution in [0.25, 0.3) is 0 Å². The van der Waals surface area contributed by atoms with E-state index in [9.17, 15) is 9.59 Å². The summed E-state index contributed by atoms with van der Waals surface area (Å²) < 4.78 is 5.37. The van der Waals surface area contributed by atoms with Gasteiger partial charge in [0.25, 0.3) is 0 Å². The van der Waals surface area contributed by atoms with E-state index >= 15 is 0 Å². The molecule has 1 saturated heterocycles. The summed E-state index contributed by atoms with van der Waals surface area (Å²) in [5.41, 5.74) is 9.70. The average molecular weight is 379 g/mol. The summed E-state index contributed by atoms with van der Waals surface area (Å²) in [5, 5.41) is 3.17. The molecule has 4 rings (SSSR count). The van der Waals surface area contributed by atoms with Crippen molar-refractivity contribution in [1.29, 1.82) is 0 Å². The summed E-state index contributed by atoms with van der Waals surface area (Å²) in [7, 11) is 1.58. The molecule has 2 aromatic carbocycles. The summed E-state index contributed by atoms with van der Waals surface area (Å²) in [6.45, 7) is 0.367. The number of nitrogens with two attached hydrogens (primary N) is 1. The van der Waals surface area contributed by atoms with Crippen LogP contribution < -0.4 is 20.7 Å². The number of hydrogen-bond donors (Lipinski definition) is 2. The maximum absolute atomic E-state index is 12.9. The highest BCUT2D eigenvalue weighted by Gasteiger charge is 2.37. The Morgan fingerprint density at radius 2 is 2.07 bits per heavy atom. The number of fused-ring (bicyclic) bond motifs is 1. The lowest BCUT2D eigenvalue weighted by atomic mass is 9.87. The standard InChI is InChI=1S/C22H25N3O3/c1-28-20-8-3-2-7-19(20)25-13-15(12-21(25)26)22(27)24-18-6-4-5-14-11-16(23)9-10-17(14)18/h2-3,7-11,15,18H,4-6,12-13,23H2,1H3,(H,24,27). The minimum absolute atomic E-state index is 0.0211. The van der Waals surface area contributed by atoms with E-state index in [4.69, 9.17) is 10.5 Å². The number of nitrogens with one attached hydrogen (secondary N) is 1. The van der Waals surface area contributed by atoms with Gasteiger partial charge in [0.1, 0.15) is 5.75 Å². The van der Waals surface area contributed by atoms with Gasteiger partial charge < -0.3 is 20.7 Å². The lowest BCUT2D eigenvalue weighted by molar-refractivity contribution is -0.127. The van der Waals surface area contributed by atoms with E-state index in [1.54, 1.807) is 12.0 Å². The van der Waals surface area contributed by atoms with Crippen LogP contribution in [-0.4, -0.2) is 25.5 Å². The van der Waals surface area contributed by atoms with Gasteiger partial charge in [-0.1, -0.05) is 18.2 Å². The predicted octanol–water partition coefficient (Wildman–Crippen LogP) is 2.82. The first-order valence-corrected chi connectivity index (χ1v) is 9.69. The second-order valence-corrected chi connectivity index (χ2v) is 7.49. The summed E-state index contributed by atoms with van der Waals surface area (Å²) in [5.74, 6) is 0.147. The number of aryl methyl sites for hydroxylation is 1. The van der Waals surface area contributed by atoms with Gasteiger partial charge in [0.15, 0.2) is 0 Å². The van der Waals surface area contributed by atoms with Gasteiger partial charge in [-0.3, -0.25) is 9.59 Å². The molecule has 0 radical (unpaired) electrons. The fraction of sp³-hybridized carbons (Fsp3) is 0.364. The van der Waals surface area contributed by atoms with Crippen molar-refractivity contribution in [3.05, 3.63) is 53.6 Å². The number of methoxy groups -OCH3 is 1. The van der Waals surface area contributed by atoms with Crippen LogP contribution in [0.15, 0.2) is 42.5 Å². The van der Waals surface area contributed by atoms with Crippen LogP contribution in [0.2, 0.25) is 0 Å². The monoisotopic (exact) mass is 379 g/mol.